The number of rotatable bonds is 3. The normalized spacial score (nSPS) is 10.9. The van der Waals surface area contributed by atoms with Crippen molar-refractivity contribution in [3.05, 3.63) is 57.3 Å². The summed E-state index contributed by atoms with van der Waals surface area (Å²) in [7, 11) is 0. The Hall–Kier alpha value is -1.52. The van der Waals surface area contributed by atoms with Crippen molar-refractivity contribution in [2.75, 3.05) is 5.32 Å². The molecule has 0 aliphatic rings. The van der Waals surface area contributed by atoms with Crippen molar-refractivity contribution in [3.63, 3.8) is 0 Å². The van der Waals surface area contributed by atoms with Gasteiger partial charge in [0.2, 0.25) is 0 Å². The number of anilines is 1. The number of fused-ring (bicyclic) bond motifs is 1. The van der Waals surface area contributed by atoms with Gasteiger partial charge in [-0.15, -0.1) is 0 Å². The Kier molecular flexibility index (Phi) is 3.68. The maximum atomic E-state index is 5.86. The highest BCUT2D eigenvalue weighted by atomic mass is 79.9. The number of hydrogen-bond donors (Lipinski definition) is 2. The van der Waals surface area contributed by atoms with Gasteiger partial charge < -0.3 is 10.3 Å². The Morgan fingerprint density at radius 1 is 1.25 bits per heavy atom. The molecule has 3 rings (SSSR count). The molecule has 1 aromatic heterocycles. The number of nitrogens with one attached hydrogen (secondary N) is 2. The Labute approximate surface area is 130 Å². The lowest BCUT2D eigenvalue weighted by atomic mass is 10.2. The third-order valence-corrected chi connectivity index (χ3v) is 3.80. The van der Waals surface area contributed by atoms with Crippen molar-refractivity contribution in [1.29, 1.82) is 0 Å². The van der Waals surface area contributed by atoms with Gasteiger partial charge in [0.15, 0.2) is 0 Å². The fourth-order valence-corrected chi connectivity index (χ4v) is 2.83. The van der Waals surface area contributed by atoms with Crippen LogP contribution in [0.2, 0.25) is 5.02 Å². The molecule has 2 aromatic carbocycles. The number of nitrogens with zero attached hydrogens (tertiary/aromatic N) is 1. The molecule has 102 valence electrons. The Morgan fingerprint density at radius 2 is 2.00 bits per heavy atom. The van der Waals surface area contributed by atoms with Gasteiger partial charge in [-0.25, -0.2) is 4.98 Å². The number of aromatic amines is 1. The van der Waals surface area contributed by atoms with Crippen LogP contribution in [0, 0.1) is 6.92 Å². The summed E-state index contributed by atoms with van der Waals surface area (Å²) in [6.07, 6.45) is 0. The van der Waals surface area contributed by atoms with E-state index < -0.39 is 0 Å². The number of benzene rings is 2. The Balaban J connectivity index is 1.81. The van der Waals surface area contributed by atoms with Crippen molar-refractivity contribution in [3.8, 4) is 0 Å². The van der Waals surface area contributed by atoms with Crippen LogP contribution >= 0.6 is 27.5 Å². The molecular formula is C15H13BrClN3. The maximum absolute atomic E-state index is 5.86. The molecule has 0 saturated carbocycles. The first-order valence-electron chi connectivity index (χ1n) is 6.26. The van der Waals surface area contributed by atoms with Gasteiger partial charge in [-0.2, -0.15) is 0 Å². The van der Waals surface area contributed by atoms with Crippen molar-refractivity contribution in [1.82, 2.24) is 9.97 Å². The first-order valence-corrected chi connectivity index (χ1v) is 7.43. The molecule has 0 amide bonds. The van der Waals surface area contributed by atoms with Crippen LogP contribution in [0.1, 0.15) is 11.4 Å². The quantitative estimate of drug-likeness (QED) is 0.705. The van der Waals surface area contributed by atoms with Crippen molar-refractivity contribution >= 4 is 44.3 Å². The van der Waals surface area contributed by atoms with Crippen LogP contribution in [0.4, 0.5) is 5.69 Å². The first kappa shape index (κ1) is 13.5. The summed E-state index contributed by atoms with van der Waals surface area (Å²) >= 11 is 9.36. The van der Waals surface area contributed by atoms with Gasteiger partial charge >= 0.3 is 0 Å². The van der Waals surface area contributed by atoms with E-state index in [2.05, 4.69) is 44.2 Å². The summed E-state index contributed by atoms with van der Waals surface area (Å²) in [4.78, 5) is 7.95. The molecule has 0 bridgehead atoms. The number of halogens is 2. The molecule has 2 N–H and O–H groups in total. The predicted octanol–water partition coefficient (Wildman–Crippen LogP) is 4.90. The number of aryl methyl sites for hydroxylation is 1. The zero-order valence-corrected chi connectivity index (χ0v) is 13.2. The first-order chi connectivity index (χ1) is 9.61. The monoisotopic (exact) mass is 349 g/mol. The molecule has 0 aliphatic heterocycles. The molecule has 0 spiro atoms. The average molecular weight is 351 g/mol. The van der Waals surface area contributed by atoms with E-state index in [0.717, 1.165) is 37.6 Å². The summed E-state index contributed by atoms with van der Waals surface area (Å²) in [5.74, 6) is 0.913. The molecule has 0 aliphatic carbocycles. The lowest BCUT2D eigenvalue weighted by Gasteiger charge is -2.03. The van der Waals surface area contributed by atoms with Gasteiger partial charge in [-0.1, -0.05) is 27.5 Å². The minimum absolute atomic E-state index is 0.646. The van der Waals surface area contributed by atoms with Crippen LogP contribution in [0.5, 0.6) is 0 Å². The van der Waals surface area contributed by atoms with Gasteiger partial charge in [0.05, 0.1) is 17.6 Å². The van der Waals surface area contributed by atoms with Crippen molar-refractivity contribution in [2.45, 2.75) is 13.5 Å². The largest absolute Gasteiger partial charge is 0.378 e. The Morgan fingerprint density at radius 3 is 2.75 bits per heavy atom. The highest BCUT2D eigenvalue weighted by Gasteiger charge is 2.06. The molecule has 0 fully saturated rings. The van der Waals surface area contributed by atoms with Crippen LogP contribution in [-0.2, 0) is 6.54 Å². The van der Waals surface area contributed by atoms with E-state index in [0.29, 0.717) is 6.54 Å². The average Bonchev–Trinajstić information content (AvgIpc) is 2.81. The highest BCUT2D eigenvalue weighted by molar-refractivity contribution is 9.10. The van der Waals surface area contributed by atoms with E-state index in [1.54, 1.807) is 0 Å². The van der Waals surface area contributed by atoms with E-state index in [-0.39, 0.29) is 0 Å². The third kappa shape index (κ3) is 2.81. The molecule has 1 heterocycles. The molecule has 5 heteroatoms. The van der Waals surface area contributed by atoms with E-state index in [4.69, 9.17) is 11.6 Å². The fourth-order valence-electron chi connectivity index (χ4n) is 2.13. The maximum Gasteiger partial charge on any atom is 0.126 e. The number of aromatic nitrogens is 2. The molecule has 3 aromatic rings. The molecular weight excluding hydrogens is 338 g/mol. The number of hydrogen-bond acceptors (Lipinski definition) is 2. The second-order valence-corrected chi connectivity index (χ2v) is 6.01. The third-order valence-electron chi connectivity index (χ3n) is 3.10. The summed E-state index contributed by atoms with van der Waals surface area (Å²) in [5, 5.41) is 4.05. The molecule has 20 heavy (non-hydrogen) atoms. The van der Waals surface area contributed by atoms with Crippen molar-refractivity contribution < 1.29 is 0 Å². The number of H-pyrrole nitrogens is 1. The van der Waals surface area contributed by atoms with Crippen LogP contribution in [0.15, 0.2) is 40.9 Å². The number of imidazole rings is 1. The van der Waals surface area contributed by atoms with Crippen LogP contribution < -0.4 is 5.32 Å². The van der Waals surface area contributed by atoms with Gasteiger partial charge in [0.25, 0.3) is 0 Å². The van der Waals surface area contributed by atoms with Gasteiger partial charge in [-0.05, 0) is 48.9 Å². The SMILES string of the molecule is Cc1cc(Br)cc2[nH]c(CNc3ccc(Cl)cc3)nc12. The van der Waals surface area contributed by atoms with Crippen LogP contribution in [0.25, 0.3) is 11.0 Å². The lowest BCUT2D eigenvalue weighted by molar-refractivity contribution is 1.01. The summed E-state index contributed by atoms with van der Waals surface area (Å²) in [6.45, 7) is 2.71. The summed E-state index contributed by atoms with van der Waals surface area (Å²) < 4.78 is 1.06. The molecule has 0 unspecified atom stereocenters. The van der Waals surface area contributed by atoms with Gasteiger partial charge in [0.1, 0.15) is 5.82 Å². The summed E-state index contributed by atoms with van der Waals surface area (Å²) in [5.41, 5.74) is 4.24. The van der Waals surface area contributed by atoms with E-state index in [1.165, 1.54) is 0 Å². The standard InChI is InChI=1S/C15H13BrClN3/c1-9-6-10(16)7-13-15(9)20-14(19-13)8-18-12-4-2-11(17)3-5-12/h2-7,18H,8H2,1H3,(H,19,20). The smallest absolute Gasteiger partial charge is 0.126 e. The molecule has 3 nitrogen and oxygen atoms in total. The van der Waals surface area contributed by atoms with E-state index in [9.17, 15) is 0 Å². The predicted molar refractivity (Wildman–Crippen MR) is 87.3 cm³/mol. The highest BCUT2D eigenvalue weighted by Crippen LogP contribution is 2.22. The topological polar surface area (TPSA) is 40.7 Å². The second kappa shape index (κ2) is 5.46. The van der Waals surface area contributed by atoms with E-state index in [1.807, 2.05) is 30.3 Å². The van der Waals surface area contributed by atoms with Crippen LogP contribution in [-0.4, -0.2) is 9.97 Å². The zero-order valence-electron chi connectivity index (χ0n) is 10.9. The molecule has 0 atom stereocenters. The second-order valence-electron chi connectivity index (χ2n) is 4.66. The fraction of sp³-hybridized carbons (Fsp3) is 0.133. The minimum Gasteiger partial charge on any atom is -0.378 e. The van der Waals surface area contributed by atoms with Gasteiger partial charge in [-0.3, -0.25) is 0 Å². The van der Waals surface area contributed by atoms with Crippen molar-refractivity contribution in [2.24, 2.45) is 0 Å². The minimum atomic E-state index is 0.646. The lowest BCUT2D eigenvalue weighted by Crippen LogP contribution is -2.00. The van der Waals surface area contributed by atoms with Gasteiger partial charge in [0, 0.05) is 15.2 Å². The summed E-state index contributed by atoms with van der Waals surface area (Å²) in [6, 6.07) is 11.7. The van der Waals surface area contributed by atoms with Crippen LogP contribution in [0.3, 0.4) is 0 Å². The zero-order chi connectivity index (χ0) is 14.1. The molecule has 0 radical (unpaired) electrons. The Bertz CT molecular complexity index is 750. The molecule has 0 saturated heterocycles. The van der Waals surface area contributed by atoms with E-state index >= 15 is 0 Å².